The number of hydrogen-bond donors (Lipinski definition) is 2. The van der Waals surface area contributed by atoms with Gasteiger partial charge in [0, 0.05) is 13.2 Å². The highest BCUT2D eigenvalue weighted by atomic mass is 32.2. The third kappa shape index (κ3) is 10.1. The van der Waals surface area contributed by atoms with E-state index in [1.807, 2.05) is 13.8 Å². The third-order valence-corrected chi connectivity index (χ3v) is 3.11. The zero-order valence-corrected chi connectivity index (χ0v) is 10.3. The largest absolute Gasteiger partial charge is 0.380 e. The Hall–Kier alpha value is -0.170. The van der Waals surface area contributed by atoms with Gasteiger partial charge in [0.15, 0.2) is 0 Å². The predicted octanol–water partition coefficient (Wildman–Crippen LogP) is -0.0728. The molecule has 0 heterocycles. The van der Waals surface area contributed by atoms with E-state index in [2.05, 4.69) is 4.72 Å². The number of ether oxygens (including phenoxy) is 1. The van der Waals surface area contributed by atoms with E-state index < -0.39 is 10.0 Å². The topological polar surface area (TPSA) is 81.4 Å². The van der Waals surface area contributed by atoms with Crippen molar-refractivity contribution in [3.05, 3.63) is 0 Å². The van der Waals surface area contributed by atoms with Crippen molar-refractivity contribution in [1.29, 1.82) is 0 Å². The molecule has 3 N–H and O–H groups in total. The van der Waals surface area contributed by atoms with Gasteiger partial charge in [-0.2, -0.15) is 0 Å². The number of nitrogens with two attached hydrogens (primary N) is 1. The molecule has 0 aromatic carbocycles. The third-order valence-electron chi connectivity index (χ3n) is 1.64. The Morgan fingerprint density at radius 1 is 1.40 bits per heavy atom. The highest BCUT2D eigenvalue weighted by Crippen LogP contribution is 1.92. The Labute approximate surface area is 92.4 Å². The van der Waals surface area contributed by atoms with E-state index in [0.29, 0.717) is 38.6 Å². The molecule has 0 atom stereocenters. The lowest BCUT2D eigenvalue weighted by Gasteiger charge is -2.08. The molecule has 0 aliphatic heterocycles. The lowest BCUT2D eigenvalue weighted by molar-refractivity contribution is 0.114. The molecular weight excluding hydrogens is 216 g/mol. The highest BCUT2D eigenvalue weighted by molar-refractivity contribution is 7.89. The van der Waals surface area contributed by atoms with Crippen molar-refractivity contribution in [2.24, 2.45) is 11.7 Å². The standard InChI is InChI=1S/C9H22N2O3S/c1-9(2)8-14-6-5-11-15(12,13)7-3-4-10/h9,11H,3-8,10H2,1-2H3. The van der Waals surface area contributed by atoms with Crippen LogP contribution in [0, 0.1) is 5.92 Å². The molecule has 0 saturated carbocycles. The highest BCUT2D eigenvalue weighted by Gasteiger charge is 2.07. The van der Waals surface area contributed by atoms with Crippen LogP contribution in [0.25, 0.3) is 0 Å². The average Bonchev–Trinajstić information content (AvgIpc) is 2.14. The molecule has 0 amide bonds. The molecule has 0 bridgehead atoms. The Kier molecular flexibility index (Phi) is 7.95. The Bertz CT molecular complexity index is 240. The smallest absolute Gasteiger partial charge is 0.211 e. The van der Waals surface area contributed by atoms with Gasteiger partial charge in [-0.25, -0.2) is 13.1 Å². The van der Waals surface area contributed by atoms with Crippen LogP contribution in [0.2, 0.25) is 0 Å². The van der Waals surface area contributed by atoms with E-state index in [1.165, 1.54) is 0 Å². The van der Waals surface area contributed by atoms with Gasteiger partial charge in [-0.15, -0.1) is 0 Å². The van der Waals surface area contributed by atoms with Crippen LogP contribution in [-0.2, 0) is 14.8 Å². The molecule has 0 unspecified atom stereocenters. The first kappa shape index (κ1) is 14.8. The zero-order chi connectivity index (χ0) is 11.7. The molecule has 0 aliphatic rings. The van der Waals surface area contributed by atoms with Gasteiger partial charge in [0.2, 0.25) is 10.0 Å². The van der Waals surface area contributed by atoms with E-state index in [9.17, 15) is 8.42 Å². The Balaban J connectivity index is 3.49. The van der Waals surface area contributed by atoms with Crippen LogP contribution in [0.3, 0.4) is 0 Å². The molecule has 0 radical (unpaired) electrons. The lowest BCUT2D eigenvalue weighted by Crippen LogP contribution is -2.30. The number of hydrogen-bond acceptors (Lipinski definition) is 4. The van der Waals surface area contributed by atoms with Crippen LogP contribution in [0.4, 0.5) is 0 Å². The first-order valence-corrected chi connectivity index (χ1v) is 6.88. The quantitative estimate of drug-likeness (QED) is 0.551. The molecule has 15 heavy (non-hydrogen) atoms. The maximum absolute atomic E-state index is 11.3. The molecule has 5 nitrogen and oxygen atoms in total. The summed E-state index contributed by atoms with van der Waals surface area (Å²) >= 11 is 0. The molecule has 0 aliphatic carbocycles. The number of nitrogens with one attached hydrogen (secondary N) is 1. The van der Waals surface area contributed by atoms with Crippen LogP contribution >= 0.6 is 0 Å². The predicted molar refractivity (Wildman–Crippen MR) is 61.1 cm³/mol. The Morgan fingerprint density at radius 3 is 2.60 bits per heavy atom. The molecule has 0 aromatic heterocycles. The summed E-state index contributed by atoms with van der Waals surface area (Å²) in [5, 5.41) is 0. The van der Waals surface area contributed by atoms with Crippen molar-refractivity contribution in [3.8, 4) is 0 Å². The Morgan fingerprint density at radius 2 is 2.07 bits per heavy atom. The van der Waals surface area contributed by atoms with E-state index in [1.54, 1.807) is 0 Å². The molecule has 0 fully saturated rings. The minimum Gasteiger partial charge on any atom is -0.380 e. The summed E-state index contributed by atoms with van der Waals surface area (Å²) in [5.74, 6) is 0.562. The van der Waals surface area contributed by atoms with Crippen LogP contribution in [0.1, 0.15) is 20.3 Å². The monoisotopic (exact) mass is 238 g/mol. The average molecular weight is 238 g/mol. The maximum Gasteiger partial charge on any atom is 0.211 e. The summed E-state index contributed by atoms with van der Waals surface area (Å²) in [6.45, 7) is 5.89. The number of sulfonamides is 1. The summed E-state index contributed by atoms with van der Waals surface area (Å²) < 4.78 is 30.2. The van der Waals surface area contributed by atoms with Crippen molar-refractivity contribution in [2.75, 3.05) is 32.1 Å². The second-order valence-electron chi connectivity index (χ2n) is 3.82. The fraction of sp³-hybridized carbons (Fsp3) is 1.00. The second-order valence-corrected chi connectivity index (χ2v) is 5.75. The van der Waals surface area contributed by atoms with Gasteiger partial charge in [0.1, 0.15) is 0 Å². The van der Waals surface area contributed by atoms with Gasteiger partial charge in [-0.1, -0.05) is 13.8 Å². The van der Waals surface area contributed by atoms with E-state index in [4.69, 9.17) is 10.5 Å². The van der Waals surface area contributed by atoms with Gasteiger partial charge in [0.05, 0.1) is 12.4 Å². The second kappa shape index (κ2) is 8.04. The van der Waals surface area contributed by atoms with Crippen molar-refractivity contribution in [1.82, 2.24) is 4.72 Å². The van der Waals surface area contributed by atoms with Gasteiger partial charge in [0.25, 0.3) is 0 Å². The molecule has 92 valence electrons. The van der Waals surface area contributed by atoms with Crippen LogP contribution in [0.15, 0.2) is 0 Å². The summed E-state index contributed by atoms with van der Waals surface area (Å²) in [6.07, 6.45) is 0.488. The van der Waals surface area contributed by atoms with E-state index in [0.717, 1.165) is 0 Å². The van der Waals surface area contributed by atoms with Crippen molar-refractivity contribution >= 4 is 10.0 Å². The summed E-state index contributed by atoms with van der Waals surface area (Å²) in [7, 11) is -3.15. The van der Waals surface area contributed by atoms with Crippen LogP contribution in [0.5, 0.6) is 0 Å². The SMILES string of the molecule is CC(C)COCCNS(=O)(=O)CCCN. The van der Waals surface area contributed by atoms with Crippen LogP contribution in [-0.4, -0.2) is 40.5 Å². The fourth-order valence-electron chi connectivity index (χ4n) is 0.934. The van der Waals surface area contributed by atoms with Gasteiger partial charge in [-0.05, 0) is 18.9 Å². The maximum atomic E-state index is 11.3. The van der Waals surface area contributed by atoms with Gasteiger partial charge < -0.3 is 10.5 Å². The molecule has 0 saturated heterocycles. The van der Waals surface area contributed by atoms with Crippen molar-refractivity contribution in [3.63, 3.8) is 0 Å². The first-order valence-electron chi connectivity index (χ1n) is 5.23. The minimum absolute atomic E-state index is 0.0910. The van der Waals surface area contributed by atoms with Crippen LogP contribution < -0.4 is 10.5 Å². The summed E-state index contributed by atoms with van der Waals surface area (Å²) in [6, 6.07) is 0. The lowest BCUT2D eigenvalue weighted by atomic mass is 10.2. The molecule has 0 rings (SSSR count). The minimum atomic E-state index is -3.15. The molecule has 6 heteroatoms. The first-order chi connectivity index (χ1) is 6.98. The van der Waals surface area contributed by atoms with Crippen molar-refractivity contribution < 1.29 is 13.2 Å². The van der Waals surface area contributed by atoms with Gasteiger partial charge >= 0.3 is 0 Å². The van der Waals surface area contributed by atoms with E-state index in [-0.39, 0.29) is 5.75 Å². The summed E-state index contributed by atoms with van der Waals surface area (Å²) in [5.41, 5.74) is 5.23. The number of rotatable bonds is 9. The van der Waals surface area contributed by atoms with E-state index >= 15 is 0 Å². The molecule has 0 spiro atoms. The summed E-state index contributed by atoms with van der Waals surface area (Å²) in [4.78, 5) is 0. The van der Waals surface area contributed by atoms with Gasteiger partial charge in [-0.3, -0.25) is 0 Å². The normalized spacial score (nSPS) is 12.3. The molecular formula is C9H22N2O3S. The zero-order valence-electron chi connectivity index (χ0n) is 9.53. The molecule has 0 aromatic rings. The fourth-order valence-corrected chi connectivity index (χ4v) is 2.02. The van der Waals surface area contributed by atoms with Crippen molar-refractivity contribution in [2.45, 2.75) is 20.3 Å².